The van der Waals surface area contributed by atoms with Gasteiger partial charge in [0.25, 0.3) is 5.91 Å². The zero-order chi connectivity index (χ0) is 32.6. The van der Waals surface area contributed by atoms with Crippen molar-refractivity contribution in [3.63, 3.8) is 0 Å². The van der Waals surface area contributed by atoms with Gasteiger partial charge in [-0.05, 0) is 17.7 Å². The van der Waals surface area contributed by atoms with Crippen molar-refractivity contribution in [3.05, 3.63) is 66.0 Å². The Morgan fingerprint density at radius 2 is 1.30 bits per heavy atom. The van der Waals surface area contributed by atoms with Crippen LogP contribution in [0.15, 0.2) is 54.7 Å². The molecular weight excluding hydrogens is 611 g/mol. The number of carbonyl (C=O) groups excluding carboxylic acids is 1. The molecule has 1 fully saturated rings. The Bertz CT molecular complexity index is 1360. The molecule has 4 rings (SSSR count). The van der Waals surface area contributed by atoms with Crippen LogP contribution < -0.4 is 10.2 Å². The number of fused-ring (bicyclic) bond motifs is 1. The number of halogens is 9. The third kappa shape index (κ3) is 10.0. The quantitative estimate of drug-likeness (QED) is 0.359. The second-order valence-corrected chi connectivity index (χ2v) is 8.28. The van der Waals surface area contributed by atoms with Gasteiger partial charge in [-0.2, -0.15) is 39.5 Å². The molecule has 3 heterocycles. The number of nitrogens with zero attached hydrogens (tertiary/aromatic N) is 3. The van der Waals surface area contributed by atoms with Crippen LogP contribution in [-0.2, 0) is 14.3 Å². The number of carboxylic acids is 2. The van der Waals surface area contributed by atoms with E-state index in [1.807, 2.05) is 4.90 Å². The largest absolute Gasteiger partial charge is 0.490 e. The van der Waals surface area contributed by atoms with Gasteiger partial charge in [0.15, 0.2) is 11.7 Å². The van der Waals surface area contributed by atoms with Crippen LogP contribution in [0.3, 0.4) is 0 Å². The number of anilines is 1. The molecule has 3 N–H and O–H groups in total. The summed E-state index contributed by atoms with van der Waals surface area (Å²) in [6.45, 7) is 2.22. The Labute approximate surface area is 235 Å². The van der Waals surface area contributed by atoms with Crippen LogP contribution >= 0.6 is 0 Å². The van der Waals surface area contributed by atoms with Crippen LogP contribution in [-0.4, -0.2) is 82.3 Å². The summed E-state index contributed by atoms with van der Waals surface area (Å²) in [5, 5.41) is 16.4. The number of morpholine rings is 1. The first-order valence-electron chi connectivity index (χ1n) is 11.7. The van der Waals surface area contributed by atoms with Crippen molar-refractivity contribution in [1.82, 2.24) is 14.7 Å². The first-order valence-corrected chi connectivity index (χ1v) is 11.7. The van der Waals surface area contributed by atoms with Gasteiger partial charge in [0, 0.05) is 19.3 Å². The normalized spacial score (nSPS) is 14.5. The minimum atomic E-state index is -5.08. The highest BCUT2D eigenvalue weighted by atomic mass is 19.4. The molecule has 1 atom stereocenters. The number of ether oxygens (including phenoxy) is 1. The maximum absolute atomic E-state index is 13.6. The third-order valence-corrected chi connectivity index (χ3v) is 5.26. The maximum Gasteiger partial charge on any atom is 0.490 e. The zero-order valence-electron chi connectivity index (χ0n) is 21.4. The zero-order valence-corrected chi connectivity index (χ0v) is 21.4. The third-order valence-electron chi connectivity index (χ3n) is 5.26. The number of hydrogen-bond donors (Lipinski definition) is 3. The van der Waals surface area contributed by atoms with Gasteiger partial charge in [-0.3, -0.25) is 9.20 Å². The number of alkyl halides is 9. The van der Waals surface area contributed by atoms with E-state index in [2.05, 4.69) is 10.3 Å². The Kier molecular flexibility index (Phi) is 11.3. The van der Waals surface area contributed by atoms with Gasteiger partial charge >= 0.3 is 30.5 Å². The molecule has 10 nitrogen and oxygen atoms in total. The second kappa shape index (κ2) is 14.1. The molecule has 236 valence electrons. The number of nitrogens with one attached hydrogen (secondary N) is 1. The molecule has 1 aromatic carbocycles. The average molecular weight is 632 g/mol. The van der Waals surface area contributed by atoms with Crippen molar-refractivity contribution in [2.24, 2.45) is 0 Å². The van der Waals surface area contributed by atoms with Gasteiger partial charge in [0.2, 0.25) is 5.95 Å². The molecule has 1 aliphatic rings. The van der Waals surface area contributed by atoms with Crippen LogP contribution in [0, 0.1) is 0 Å². The number of amides is 1. The maximum atomic E-state index is 13.6. The van der Waals surface area contributed by atoms with Gasteiger partial charge in [-0.1, -0.05) is 36.4 Å². The van der Waals surface area contributed by atoms with Gasteiger partial charge in [-0.15, -0.1) is 0 Å². The fourth-order valence-corrected chi connectivity index (χ4v) is 3.37. The number of imidazole rings is 1. The molecular formula is C24H21F9N4O6. The summed E-state index contributed by atoms with van der Waals surface area (Å²) in [5.74, 6) is -5.88. The van der Waals surface area contributed by atoms with E-state index in [-0.39, 0.29) is 11.3 Å². The standard InChI is InChI=1S/C20H19F3N4O2.2C2HF3O2/c21-20(22,23)17(14-6-2-1-3-7-14)25-18(28)16-15-8-4-5-9-27(15)19(24-16)26-10-12-29-13-11-26;2*3-2(4,5)1(6)7/h1-9,17H,10-13H2,(H,25,28);2*(H,6,7). The number of carboxylic acid groups (broad SMARTS) is 2. The lowest BCUT2D eigenvalue weighted by Crippen LogP contribution is -2.38. The van der Waals surface area contributed by atoms with Gasteiger partial charge < -0.3 is 25.2 Å². The van der Waals surface area contributed by atoms with Gasteiger partial charge in [0.1, 0.15) is 0 Å². The molecule has 0 bridgehead atoms. The highest BCUT2D eigenvalue weighted by Crippen LogP contribution is 2.33. The van der Waals surface area contributed by atoms with Crippen LogP contribution in [0.4, 0.5) is 45.5 Å². The van der Waals surface area contributed by atoms with Crippen molar-refractivity contribution in [2.75, 3.05) is 31.2 Å². The SMILES string of the molecule is O=C(NC(c1ccccc1)C(F)(F)F)c1nc(N2CCOCC2)n2ccccc12.O=C(O)C(F)(F)F.O=C(O)C(F)(F)F. The smallest absolute Gasteiger partial charge is 0.475 e. The monoisotopic (exact) mass is 632 g/mol. The first kappa shape index (κ1) is 34.7. The number of aliphatic carboxylic acids is 2. The fourth-order valence-electron chi connectivity index (χ4n) is 3.37. The Morgan fingerprint density at radius 3 is 1.77 bits per heavy atom. The molecule has 0 spiro atoms. The molecule has 1 amide bonds. The number of hydrogen-bond acceptors (Lipinski definition) is 6. The molecule has 19 heteroatoms. The minimum Gasteiger partial charge on any atom is -0.475 e. The van der Waals surface area contributed by atoms with Crippen molar-refractivity contribution < 1.29 is 68.8 Å². The van der Waals surface area contributed by atoms with Crippen LogP contribution in [0.5, 0.6) is 0 Å². The van der Waals surface area contributed by atoms with E-state index < -0.39 is 42.4 Å². The summed E-state index contributed by atoms with van der Waals surface area (Å²) >= 11 is 0. The highest BCUT2D eigenvalue weighted by molar-refractivity contribution is 6.00. The summed E-state index contributed by atoms with van der Waals surface area (Å²) in [5.41, 5.74) is 0.364. The number of pyridine rings is 1. The lowest BCUT2D eigenvalue weighted by molar-refractivity contribution is -0.193. The van der Waals surface area contributed by atoms with Crippen LogP contribution in [0.1, 0.15) is 22.1 Å². The van der Waals surface area contributed by atoms with E-state index >= 15 is 0 Å². The summed E-state index contributed by atoms with van der Waals surface area (Å²) in [4.78, 5) is 37.0. The molecule has 0 aliphatic carbocycles. The molecule has 0 saturated carbocycles. The van der Waals surface area contributed by atoms with Crippen molar-refractivity contribution in [2.45, 2.75) is 24.6 Å². The van der Waals surface area contributed by atoms with E-state index in [0.29, 0.717) is 37.8 Å². The Balaban J connectivity index is 0.000000384. The molecule has 1 unspecified atom stereocenters. The van der Waals surface area contributed by atoms with Crippen molar-refractivity contribution >= 4 is 29.3 Å². The molecule has 1 saturated heterocycles. The molecule has 43 heavy (non-hydrogen) atoms. The topological polar surface area (TPSA) is 133 Å². The lowest BCUT2D eigenvalue weighted by Gasteiger charge is -2.27. The van der Waals surface area contributed by atoms with Crippen LogP contribution in [0.2, 0.25) is 0 Å². The summed E-state index contributed by atoms with van der Waals surface area (Å²) in [6, 6.07) is 10.3. The summed E-state index contributed by atoms with van der Waals surface area (Å²) in [7, 11) is 0. The highest BCUT2D eigenvalue weighted by Gasteiger charge is 2.42. The number of carbonyl (C=O) groups is 3. The van der Waals surface area contributed by atoms with Crippen molar-refractivity contribution in [1.29, 1.82) is 0 Å². The van der Waals surface area contributed by atoms with Gasteiger partial charge in [0.05, 0.1) is 18.7 Å². The summed E-state index contributed by atoms with van der Waals surface area (Å²) in [6.07, 6.45) is -13.1. The van der Waals surface area contributed by atoms with Crippen molar-refractivity contribution in [3.8, 4) is 0 Å². The van der Waals surface area contributed by atoms with E-state index in [0.717, 1.165) is 0 Å². The van der Waals surface area contributed by atoms with E-state index in [1.54, 1.807) is 34.9 Å². The second-order valence-electron chi connectivity index (χ2n) is 8.28. The fraction of sp³-hybridized carbons (Fsp3) is 0.333. The summed E-state index contributed by atoms with van der Waals surface area (Å²) < 4.78 is 111. The predicted molar refractivity (Wildman–Crippen MR) is 128 cm³/mol. The molecule has 1 aliphatic heterocycles. The van der Waals surface area contributed by atoms with Gasteiger partial charge in [-0.25, -0.2) is 14.6 Å². The first-order chi connectivity index (χ1) is 19.8. The van der Waals surface area contributed by atoms with Crippen LogP contribution in [0.25, 0.3) is 5.52 Å². The molecule has 0 radical (unpaired) electrons. The number of rotatable bonds is 4. The van der Waals surface area contributed by atoms with E-state index in [9.17, 15) is 44.3 Å². The minimum absolute atomic E-state index is 0.0368. The average Bonchev–Trinajstić information content (AvgIpc) is 3.31. The van der Waals surface area contributed by atoms with E-state index in [4.69, 9.17) is 24.5 Å². The Morgan fingerprint density at radius 1 is 0.814 bits per heavy atom. The number of aromatic nitrogens is 2. The number of benzene rings is 1. The Hall–Kier alpha value is -4.55. The predicted octanol–water partition coefficient (Wildman–Crippen LogP) is 4.47. The molecule has 2 aromatic heterocycles. The lowest BCUT2D eigenvalue weighted by atomic mass is 10.1. The molecule has 3 aromatic rings. The van der Waals surface area contributed by atoms with E-state index in [1.165, 1.54) is 24.3 Å².